The van der Waals surface area contributed by atoms with E-state index >= 15 is 0 Å². The van der Waals surface area contributed by atoms with Crippen LogP contribution < -0.4 is 5.32 Å². The minimum Gasteiger partial charge on any atom is -0.324 e. The topological polar surface area (TPSA) is 66.5 Å². The molecule has 0 spiro atoms. The minimum absolute atomic E-state index is 0.277. The van der Waals surface area contributed by atoms with E-state index in [-0.39, 0.29) is 12.3 Å². The van der Waals surface area contributed by atoms with Gasteiger partial charge in [0.1, 0.15) is 6.04 Å². The van der Waals surface area contributed by atoms with Crippen LogP contribution in [0.5, 0.6) is 0 Å². The van der Waals surface area contributed by atoms with E-state index in [2.05, 4.69) is 27.9 Å². The zero-order valence-corrected chi connectivity index (χ0v) is 17.6. The molecule has 2 heterocycles. The van der Waals surface area contributed by atoms with Gasteiger partial charge in [-0.25, -0.2) is 0 Å². The lowest BCUT2D eigenvalue weighted by Gasteiger charge is -2.25. The number of imide groups is 1. The first kappa shape index (κ1) is 18.8. The van der Waals surface area contributed by atoms with Crippen LogP contribution in [-0.4, -0.2) is 28.7 Å². The molecule has 28 heavy (non-hydrogen) atoms. The number of carbonyl (C=O) groups is 3. The quantitative estimate of drug-likeness (QED) is 0.420. The predicted molar refractivity (Wildman–Crippen MR) is 117 cm³/mol. The summed E-state index contributed by atoms with van der Waals surface area (Å²) in [5, 5.41) is 4.75. The molecule has 1 unspecified atom stereocenters. The van der Waals surface area contributed by atoms with E-state index in [0.29, 0.717) is 16.8 Å². The summed E-state index contributed by atoms with van der Waals surface area (Å²) in [5.41, 5.74) is 1.30. The summed E-state index contributed by atoms with van der Waals surface area (Å²) in [6.45, 7) is 0. The van der Waals surface area contributed by atoms with Crippen molar-refractivity contribution in [2.75, 3.05) is 5.32 Å². The van der Waals surface area contributed by atoms with Crippen LogP contribution in [0.4, 0.5) is 5.69 Å². The lowest BCUT2D eigenvalue weighted by molar-refractivity contribution is -0.119. The number of thiophene rings is 1. The molecule has 0 aliphatic carbocycles. The van der Waals surface area contributed by atoms with Crippen molar-refractivity contribution >= 4 is 57.3 Å². The molecule has 3 amide bonds. The van der Waals surface area contributed by atoms with E-state index in [4.69, 9.17) is 0 Å². The molecule has 0 bridgehead atoms. The molecule has 2 aromatic carbocycles. The Hall–Kier alpha value is -2.52. The van der Waals surface area contributed by atoms with Crippen molar-refractivity contribution in [3.05, 3.63) is 85.6 Å². The van der Waals surface area contributed by atoms with Crippen LogP contribution >= 0.6 is 33.9 Å². The van der Waals surface area contributed by atoms with Gasteiger partial charge in [0.25, 0.3) is 11.8 Å². The molecule has 0 fully saturated rings. The number of amides is 3. The molecule has 140 valence electrons. The maximum absolute atomic E-state index is 13.1. The van der Waals surface area contributed by atoms with Crippen molar-refractivity contribution < 1.29 is 14.4 Å². The van der Waals surface area contributed by atoms with Crippen LogP contribution in [0.1, 0.15) is 25.6 Å². The van der Waals surface area contributed by atoms with Gasteiger partial charge < -0.3 is 5.32 Å². The second-order valence-electron chi connectivity index (χ2n) is 6.32. The predicted octanol–water partition coefficient (Wildman–Crippen LogP) is 4.20. The molecular weight excluding hydrogens is 487 g/mol. The highest BCUT2D eigenvalue weighted by Crippen LogP contribution is 2.27. The first-order valence-electron chi connectivity index (χ1n) is 8.60. The van der Waals surface area contributed by atoms with Gasteiger partial charge >= 0.3 is 0 Å². The van der Waals surface area contributed by atoms with Crippen molar-refractivity contribution in [3.63, 3.8) is 0 Å². The second kappa shape index (κ2) is 7.84. The number of fused-ring (bicyclic) bond motifs is 1. The molecule has 5 nitrogen and oxygen atoms in total. The molecule has 1 aromatic heterocycles. The maximum Gasteiger partial charge on any atom is 0.262 e. The molecule has 0 radical (unpaired) electrons. The van der Waals surface area contributed by atoms with Crippen LogP contribution in [0.25, 0.3) is 0 Å². The van der Waals surface area contributed by atoms with Crippen molar-refractivity contribution in [1.29, 1.82) is 0 Å². The fraction of sp³-hybridized carbons (Fsp3) is 0.0952. The SMILES string of the molecule is O=C(Nc1ccc(I)cc1)C(Cc1cccs1)N1C(=O)c2ccccc2C1=O. The Balaban J connectivity index is 1.66. The fourth-order valence-corrected chi connectivity index (χ4v) is 4.27. The van der Waals surface area contributed by atoms with Crippen LogP contribution in [0.15, 0.2) is 66.0 Å². The third-order valence-electron chi connectivity index (χ3n) is 4.53. The van der Waals surface area contributed by atoms with Crippen molar-refractivity contribution in [3.8, 4) is 0 Å². The Labute approximate surface area is 179 Å². The summed E-state index contributed by atoms with van der Waals surface area (Å²) in [5.74, 6) is -1.25. The Morgan fingerprint density at radius 2 is 1.61 bits per heavy atom. The summed E-state index contributed by atoms with van der Waals surface area (Å²) in [4.78, 5) is 40.9. The highest BCUT2D eigenvalue weighted by molar-refractivity contribution is 14.1. The van der Waals surface area contributed by atoms with Crippen LogP contribution in [0.3, 0.4) is 0 Å². The largest absolute Gasteiger partial charge is 0.324 e. The molecule has 0 saturated carbocycles. The number of anilines is 1. The second-order valence-corrected chi connectivity index (χ2v) is 8.60. The van der Waals surface area contributed by atoms with Gasteiger partial charge in [-0.05, 0) is 70.4 Å². The van der Waals surface area contributed by atoms with E-state index in [9.17, 15) is 14.4 Å². The molecule has 1 aliphatic heterocycles. The maximum atomic E-state index is 13.1. The summed E-state index contributed by atoms with van der Waals surface area (Å²) >= 11 is 3.68. The van der Waals surface area contributed by atoms with E-state index in [1.54, 1.807) is 36.4 Å². The Bertz CT molecular complexity index is 1010. The van der Waals surface area contributed by atoms with Gasteiger partial charge in [-0.15, -0.1) is 11.3 Å². The number of rotatable bonds is 5. The fourth-order valence-electron chi connectivity index (χ4n) is 3.17. The van der Waals surface area contributed by atoms with E-state index in [0.717, 1.165) is 13.3 Å². The molecule has 1 aliphatic rings. The average molecular weight is 502 g/mol. The van der Waals surface area contributed by atoms with Gasteiger partial charge in [0.2, 0.25) is 5.91 Å². The van der Waals surface area contributed by atoms with Gasteiger partial charge in [-0.1, -0.05) is 18.2 Å². The van der Waals surface area contributed by atoms with E-state index in [1.165, 1.54) is 11.3 Å². The first-order chi connectivity index (χ1) is 13.5. The third-order valence-corrected chi connectivity index (χ3v) is 6.14. The van der Waals surface area contributed by atoms with Gasteiger partial charge in [0, 0.05) is 20.6 Å². The van der Waals surface area contributed by atoms with E-state index in [1.807, 2.05) is 29.6 Å². The number of halogens is 1. The molecule has 1 atom stereocenters. The summed E-state index contributed by atoms with van der Waals surface area (Å²) in [6.07, 6.45) is 0.277. The third kappa shape index (κ3) is 3.59. The van der Waals surface area contributed by atoms with E-state index < -0.39 is 17.9 Å². The number of hydrogen-bond donors (Lipinski definition) is 1. The van der Waals surface area contributed by atoms with Gasteiger partial charge in [0.05, 0.1) is 11.1 Å². The van der Waals surface area contributed by atoms with Crippen LogP contribution in [-0.2, 0) is 11.2 Å². The summed E-state index contributed by atoms with van der Waals surface area (Å²) in [6, 6.07) is 16.9. The van der Waals surface area contributed by atoms with Gasteiger partial charge in [0.15, 0.2) is 0 Å². The Kier molecular flexibility index (Phi) is 5.27. The lowest BCUT2D eigenvalue weighted by atomic mass is 10.1. The number of carbonyl (C=O) groups excluding carboxylic acids is 3. The monoisotopic (exact) mass is 502 g/mol. The molecular formula is C21H15IN2O3S. The van der Waals surface area contributed by atoms with Crippen LogP contribution in [0, 0.1) is 3.57 Å². The molecule has 4 rings (SSSR count). The molecule has 3 aromatic rings. The highest BCUT2D eigenvalue weighted by Gasteiger charge is 2.42. The number of benzene rings is 2. The number of nitrogens with one attached hydrogen (secondary N) is 1. The van der Waals surface area contributed by atoms with Crippen molar-refractivity contribution in [2.24, 2.45) is 0 Å². The normalized spacial score (nSPS) is 14.1. The Morgan fingerprint density at radius 1 is 0.964 bits per heavy atom. The smallest absolute Gasteiger partial charge is 0.262 e. The molecule has 0 saturated heterocycles. The average Bonchev–Trinajstić information content (AvgIpc) is 3.29. The Morgan fingerprint density at radius 3 is 2.18 bits per heavy atom. The van der Waals surface area contributed by atoms with Crippen molar-refractivity contribution in [2.45, 2.75) is 12.5 Å². The van der Waals surface area contributed by atoms with Gasteiger partial charge in [-0.3, -0.25) is 19.3 Å². The standard InChI is InChI=1S/C21H15IN2O3S/c22-13-7-9-14(10-8-13)23-19(25)18(12-15-4-3-11-28-15)24-20(26)16-5-1-2-6-17(16)21(24)27/h1-11,18H,12H2,(H,23,25). The lowest BCUT2D eigenvalue weighted by Crippen LogP contribution is -2.48. The first-order valence-corrected chi connectivity index (χ1v) is 10.6. The summed E-state index contributed by atoms with van der Waals surface area (Å²) < 4.78 is 1.05. The minimum atomic E-state index is -0.926. The zero-order valence-electron chi connectivity index (χ0n) is 14.6. The highest BCUT2D eigenvalue weighted by atomic mass is 127. The molecule has 7 heteroatoms. The van der Waals surface area contributed by atoms with Gasteiger partial charge in [-0.2, -0.15) is 0 Å². The van der Waals surface area contributed by atoms with Crippen LogP contribution in [0.2, 0.25) is 0 Å². The number of nitrogens with zero attached hydrogens (tertiary/aromatic N) is 1. The number of hydrogen-bond acceptors (Lipinski definition) is 4. The van der Waals surface area contributed by atoms with Crippen molar-refractivity contribution in [1.82, 2.24) is 4.90 Å². The summed E-state index contributed by atoms with van der Waals surface area (Å²) in [7, 11) is 0. The zero-order chi connectivity index (χ0) is 19.7. The molecule has 1 N–H and O–H groups in total.